The van der Waals surface area contributed by atoms with Crippen molar-refractivity contribution in [1.29, 1.82) is 0 Å². The van der Waals surface area contributed by atoms with Crippen LogP contribution in [0.2, 0.25) is 0 Å². The summed E-state index contributed by atoms with van der Waals surface area (Å²) in [5.74, 6) is 1.88. The van der Waals surface area contributed by atoms with Crippen LogP contribution in [0.4, 0.5) is 5.69 Å². The maximum atomic E-state index is 13.8. The number of benzene rings is 4. The number of rotatable bonds is 9. The number of ether oxygens (including phenoxy) is 2. The van der Waals surface area contributed by atoms with Gasteiger partial charge < -0.3 is 9.47 Å². The van der Waals surface area contributed by atoms with Crippen LogP contribution >= 0.6 is 0 Å². The van der Waals surface area contributed by atoms with Gasteiger partial charge in [0.1, 0.15) is 18.1 Å². The molecule has 0 aliphatic rings. The van der Waals surface area contributed by atoms with Gasteiger partial charge in [-0.05, 0) is 65.9 Å². The Hall–Kier alpha value is -5.31. The van der Waals surface area contributed by atoms with E-state index >= 15 is 0 Å². The predicted molar refractivity (Wildman–Crippen MR) is 164 cm³/mol. The molecule has 212 valence electrons. The maximum absolute atomic E-state index is 13.8. The lowest BCUT2D eigenvalue weighted by Crippen LogP contribution is -2.21. The first kappa shape index (κ1) is 28.2. The lowest BCUT2D eigenvalue weighted by molar-refractivity contribution is -0.384. The van der Waals surface area contributed by atoms with E-state index in [0.717, 1.165) is 22.4 Å². The third-order valence-corrected chi connectivity index (χ3v) is 6.94. The molecule has 0 fully saturated rings. The molecular formula is C33H30N4O5. The molecule has 0 aliphatic heterocycles. The van der Waals surface area contributed by atoms with Gasteiger partial charge in [0.05, 0.1) is 29.2 Å². The highest BCUT2D eigenvalue weighted by Crippen LogP contribution is 2.34. The number of aromatic nitrogens is 2. The molecule has 1 aromatic heterocycles. The number of fused-ring (bicyclic) bond motifs is 1. The molecule has 4 aromatic carbocycles. The number of para-hydroxylation sites is 2. The second-order valence-corrected chi connectivity index (χ2v) is 10.1. The van der Waals surface area contributed by atoms with Crippen LogP contribution in [0.1, 0.15) is 42.0 Å². The summed E-state index contributed by atoms with van der Waals surface area (Å²) in [5, 5.41) is 16.2. The highest BCUT2D eigenvalue weighted by molar-refractivity contribution is 5.84. The van der Waals surface area contributed by atoms with Crippen molar-refractivity contribution in [3.8, 4) is 22.9 Å². The summed E-state index contributed by atoms with van der Waals surface area (Å²) in [6, 6.07) is 24.7. The Morgan fingerprint density at radius 3 is 2.52 bits per heavy atom. The molecule has 0 N–H and O–H groups in total. The predicted octanol–water partition coefficient (Wildman–Crippen LogP) is 6.87. The summed E-state index contributed by atoms with van der Waals surface area (Å²) in [6.45, 7) is 6.24. The summed E-state index contributed by atoms with van der Waals surface area (Å²) < 4.78 is 13.0. The Bertz CT molecular complexity index is 1880. The van der Waals surface area contributed by atoms with Gasteiger partial charge in [0.25, 0.3) is 11.2 Å². The van der Waals surface area contributed by atoms with Crippen molar-refractivity contribution >= 4 is 22.8 Å². The van der Waals surface area contributed by atoms with Gasteiger partial charge in [-0.1, -0.05) is 50.2 Å². The van der Waals surface area contributed by atoms with E-state index in [-0.39, 0.29) is 23.8 Å². The van der Waals surface area contributed by atoms with E-state index in [2.05, 4.69) is 18.9 Å². The van der Waals surface area contributed by atoms with Crippen LogP contribution in [0.3, 0.4) is 0 Å². The van der Waals surface area contributed by atoms with Crippen LogP contribution in [0.25, 0.3) is 22.3 Å². The van der Waals surface area contributed by atoms with E-state index in [9.17, 15) is 14.9 Å². The highest BCUT2D eigenvalue weighted by Gasteiger charge is 2.18. The Labute approximate surface area is 242 Å². The van der Waals surface area contributed by atoms with Gasteiger partial charge in [0.15, 0.2) is 5.82 Å². The molecule has 5 rings (SSSR count). The second kappa shape index (κ2) is 12.1. The minimum Gasteiger partial charge on any atom is -0.496 e. The number of nitro benzene ring substituents is 1. The monoisotopic (exact) mass is 562 g/mol. The minimum absolute atomic E-state index is 0.00361. The highest BCUT2D eigenvalue weighted by atomic mass is 16.6. The maximum Gasteiger partial charge on any atom is 0.282 e. The Morgan fingerprint density at radius 1 is 1.00 bits per heavy atom. The zero-order valence-electron chi connectivity index (χ0n) is 23.8. The average molecular weight is 563 g/mol. The molecule has 0 radical (unpaired) electrons. The molecular weight excluding hydrogens is 532 g/mol. The van der Waals surface area contributed by atoms with Crippen LogP contribution in [-0.2, 0) is 6.61 Å². The van der Waals surface area contributed by atoms with E-state index in [4.69, 9.17) is 14.5 Å². The van der Waals surface area contributed by atoms with Crippen molar-refractivity contribution in [2.24, 2.45) is 5.10 Å². The van der Waals surface area contributed by atoms with Crippen molar-refractivity contribution in [3.05, 3.63) is 128 Å². The molecule has 5 aromatic rings. The van der Waals surface area contributed by atoms with Crippen molar-refractivity contribution in [1.82, 2.24) is 9.66 Å². The molecule has 0 atom stereocenters. The van der Waals surface area contributed by atoms with Gasteiger partial charge in [0, 0.05) is 23.3 Å². The van der Waals surface area contributed by atoms with Crippen LogP contribution < -0.4 is 15.0 Å². The third-order valence-electron chi connectivity index (χ3n) is 6.94. The second-order valence-electron chi connectivity index (χ2n) is 10.1. The van der Waals surface area contributed by atoms with E-state index in [1.807, 2.05) is 49.4 Å². The van der Waals surface area contributed by atoms with Crippen molar-refractivity contribution in [2.75, 3.05) is 7.11 Å². The molecule has 1 heterocycles. The number of nitro groups is 1. The van der Waals surface area contributed by atoms with E-state index in [1.165, 1.54) is 16.8 Å². The Kier molecular flexibility index (Phi) is 8.10. The number of aryl methyl sites for hydroxylation is 1. The number of hydrogen-bond acceptors (Lipinski definition) is 7. The first-order chi connectivity index (χ1) is 20.3. The molecule has 9 heteroatoms. The third kappa shape index (κ3) is 5.76. The summed E-state index contributed by atoms with van der Waals surface area (Å²) in [5.41, 5.74) is 4.21. The van der Waals surface area contributed by atoms with Gasteiger partial charge in [-0.15, -0.1) is 0 Å². The van der Waals surface area contributed by atoms with Crippen LogP contribution in [-0.4, -0.2) is 27.9 Å². The first-order valence-electron chi connectivity index (χ1n) is 13.5. The SMILES string of the molecule is COc1cc(C)c(-c2nc3ccccc3c(=O)n2N=Cc2ccccc2OCc2cccc([N+](=O)[O-])c2)cc1C(C)C. The molecule has 0 saturated heterocycles. The van der Waals surface area contributed by atoms with Gasteiger partial charge in [-0.25, -0.2) is 4.98 Å². The van der Waals surface area contributed by atoms with Gasteiger partial charge in [0.2, 0.25) is 0 Å². The standard InChI is InChI=1S/C33H30N4O5/c1-21(2)27-18-28(22(3)16-31(27)41-4)32-35-29-14-7-6-13-26(29)33(38)36(32)34-19-24-11-5-8-15-30(24)42-20-23-10-9-12-25(17-23)37(39)40/h5-19,21H,20H2,1-4H3. The smallest absolute Gasteiger partial charge is 0.282 e. The van der Waals surface area contributed by atoms with Crippen LogP contribution in [0.15, 0.2) is 94.8 Å². The van der Waals surface area contributed by atoms with E-state index in [0.29, 0.717) is 33.6 Å². The van der Waals surface area contributed by atoms with Crippen molar-refractivity contribution in [2.45, 2.75) is 33.3 Å². The topological polar surface area (TPSA) is 109 Å². The Morgan fingerprint density at radius 2 is 1.76 bits per heavy atom. The van der Waals surface area contributed by atoms with Gasteiger partial charge in [-0.2, -0.15) is 9.78 Å². The van der Waals surface area contributed by atoms with Crippen LogP contribution in [0, 0.1) is 17.0 Å². The summed E-state index contributed by atoms with van der Waals surface area (Å²) in [6.07, 6.45) is 1.56. The first-order valence-corrected chi connectivity index (χ1v) is 13.5. The lowest BCUT2D eigenvalue weighted by atomic mass is 9.96. The summed E-state index contributed by atoms with van der Waals surface area (Å²) >= 11 is 0. The number of nitrogens with zero attached hydrogens (tertiary/aromatic N) is 4. The normalized spacial score (nSPS) is 11.4. The number of non-ortho nitro benzene ring substituents is 1. The molecule has 0 bridgehead atoms. The summed E-state index contributed by atoms with van der Waals surface area (Å²) in [7, 11) is 1.65. The molecule has 9 nitrogen and oxygen atoms in total. The molecule has 0 unspecified atom stereocenters. The quantitative estimate of drug-likeness (QED) is 0.110. The number of hydrogen-bond donors (Lipinski definition) is 0. The molecule has 0 aliphatic carbocycles. The molecule has 0 amide bonds. The summed E-state index contributed by atoms with van der Waals surface area (Å²) in [4.78, 5) is 29.4. The Balaban J connectivity index is 1.58. The van der Waals surface area contributed by atoms with E-state index < -0.39 is 4.92 Å². The fraction of sp³-hybridized carbons (Fsp3) is 0.182. The zero-order chi connectivity index (χ0) is 29.8. The molecule has 42 heavy (non-hydrogen) atoms. The fourth-order valence-corrected chi connectivity index (χ4v) is 4.73. The van der Waals surface area contributed by atoms with Crippen molar-refractivity contribution in [3.63, 3.8) is 0 Å². The number of methoxy groups -OCH3 is 1. The average Bonchev–Trinajstić information content (AvgIpc) is 2.99. The van der Waals surface area contributed by atoms with E-state index in [1.54, 1.807) is 43.7 Å². The minimum atomic E-state index is -0.439. The van der Waals surface area contributed by atoms with Crippen molar-refractivity contribution < 1.29 is 14.4 Å². The fourth-order valence-electron chi connectivity index (χ4n) is 4.73. The van der Waals surface area contributed by atoms with Crippen LogP contribution in [0.5, 0.6) is 11.5 Å². The molecule has 0 saturated carbocycles. The largest absolute Gasteiger partial charge is 0.496 e. The van der Waals surface area contributed by atoms with Gasteiger partial charge in [-0.3, -0.25) is 14.9 Å². The van der Waals surface area contributed by atoms with Gasteiger partial charge >= 0.3 is 0 Å². The lowest BCUT2D eigenvalue weighted by Gasteiger charge is -2.17. The zero-order valence-corrected chi connectivity index (χ0v) is 23.8. The molecule has 0 spiro atoms.